The lowest BCUT2D eigenvalue weighted by Gasteiger charge is -2.19. The van der Waals surface area contributed by atoms with Crippen LogP contribution in [-0.2, 0) is 16.1 Å². The number of aliphatic imine (C=N–C) groups is 1. The van der Waals surface area contributed by atoms with E-state index in [9.17, 15) is 18.4 Å². The summed E-state index contributed by atoms with van der Waals surface area (Å²) in [5.74, 6) is -0.227. The SMILES string of the molecule is C=N/C=C\C(C=O)=C(\CN(C)Cc1cnc(OCC(F)F)c(Cl)c1)C(=O)CC. The second kappa shape index (κ2) is 12.1. The number of rotatable bonds is 12. The van der Waals surface area contributed by atoms with Crippen molar-refractivity contribution in [1.82, 2.24) is 9.88 Å². The number of Topliss-reactive ketones (excluding diaryl/α,β-unsaturated/α-hetero) is 1. The van der Waals surface area contributed by atoms with Crippen LogP contribution >= 0.6 is 11.6 Å². The molecule has 0 N–H and O–H groups in total. The molecule has 0 amide bonds. The summed E-state index contributed by atoms with van der Waals surface area (Å²) < 4.78 is 29.3. The second-order valence-electron chi connectivity index (χ2n) is 5.83. The number of carbonyl (C=O) groups is 2. The molecule has 0 bridgehead atoms. The molecule has 0 spiro atoms. The zero-order chi connectivity index (χ0) is 21.1. The summed E-state index contributed by atoms with van der Waals surface area (Å²) in [4.78, 5) is 32.9. The molecule has 0 saturated heterocycles. The van der Waals surface area contributed by atoms with E-state index in [0.29, 0.717) is 24.0 Å². The van der Waals surface area contributed by atoms with Crippen molar-refractivity contribution in [3.8, 4) is 5.88 Å². The minimum atomic E-state index is -2.62. The van der Waals surface area contributed by atoms with E-state index in [4.69, 9.17) is 16.3 Å². The Bertz CT molecular complexity index is 767. The van der Waals surface area contributed by atoms with E-state index in [2.05, 4.69) is 16.7 Å². The van der Waals surface area contributed by atoms with Gasteiger partial charge in [-0.3, -0.25) is 19.5 Å². The minimum Gasteiger partial charge on any atom is -0.471 e. The Morgan fingerprint density at radius 2 is 2.21 bits per heavy atom. The molecular formula is C19H22ClF2N3O3. The number of halogens is 3. The molecule has 1 heterocycles. The minimum absolute atomic E-state index is 0.0691. The molecule has 0 aliphatic rings. The first-order valence-corrected chi connectivity index (χ1v) is 8.77. The van der Waals surface area contributed by atoms with Crippen LogP contribution in [-0.4, -0.2) is 55.3 Å². The molecule has 0 unspecified atom stereocenters. The van der Waals surface area contributed by atoms with Gasteiger partial charge in [0.25, 0.3) is 6.43 Å². The van der Waals surface area contributed by atoms with Gasteiger partial charge in [0.05, 0.1) is 0 Å². The van der Waals surface area contributed by atoms with Crippen molar-refractivity contribution in [2.45, 2.75) is 26.3 Å². The number of ketones is 1. The van der Waals surface area contributed by atoms with Crippen molar-refractivity contribution in [2.24, 2.45) is 4.99 Å². The number of allylic oxidation sites excluding steroid dienone is 2. The van der Waals surface area contributed by atoms with Crippen LogP contribution < -0.4 is 4.74 Å². The molecule has 0 atom stereocenters. The van der Waals surface area contributed by atoms with E-state index in [1.165, 1.54) is 18.5 Å². The van der Waals surface area contributed by atoms with E-state index in [-0.39, 0.29) is 35.2 Å². The van der Waals surface area contributed by atoms with Crippen LogP contribution in [0.2, 0.25) is 5.02 Å². The number of hydrogen-bond donors (Lipinski definition) is 0. The number of nitrogens with zero attached hydrogens (tertiary/aromatic N) is 3. The first-order valence-electron chi connectivity index (χ1n) is 8.40. The van der Waals surface area contributed by atoms with Gasteiger partial charge in [0.1, 0.15) is 5.02 Å². The highest BCUT2D eigenvalue weighted by Gasteiger charge is 2.16. The molecule has 6 nitrogen and oxygen atoms in total. The lowest BCUT2D eigenvalue weighted by Crippen LogP contribution is -2.25. The molecule has 0 saturated carbocycles. The summed E-state index contributed by atoms with van der Waals surface area (Å²) in [5, 5.41) is 0.112. The quantitative estimate of drug-likeness (QED) is 0.227. The largest absolute Gasteiger partial charge is 0.471 e. The Morgan fingerprint density at radius 1 is 1.50 bits per heavy atom. The van der Waals surface area contributed by atoms with E-state index in [0.717, 1.165) is 0 Å². The third-order valence-electron chi connectivity index (χ3n) is 3.58. The molecule has 0 radical (unpaired) electrons. The molecule has 0 fully saturated rings. The van der Waals surface area contributed by atoms with Crippen molar-refractivity contribution >= 4 is 30.4 Å². The Labute approximate surface area is 167 Å². The molecule has 0 aliphatic carbocycles. The van der Waals surface area contributed by atoms with Gasteiger partial charge in [-0.15, -0.1) is 0 Å². The highest BCUT2D eigenvalue weighted by Crippen LogP contribution is 2.23. The Hall–Kier alpha value is -2.45. The van der Waals surface area contributed by atoms with Gasteiger partial charge in [0, 0.05) is 43.1 Å². The molecule has 0 aromatic carbocycles. The van der Waals surface area contributed by atoms with Gasteiger partial charge in [0.15, 0.2) is 18.7 Å². The fraction of sp³-hybridized carbons (Fsp3) is 0.368. The summed E-state index contributed by atoms with van der Waals surface area (Å²) in [6.45, 7) is 4.79. The fourth-order valence-electron chi connectivity index (χ4n) is 2.33. The lowest BCUT2D eigenvalue weighted by atomic mass is 10.0. The van der Waals surface area contributed by atoms with Crippen molar-refractivity contribution in [1.29, 1.82) is 0 Å². The zero-order valence-corrected chi connectivity index (χ0v) is 16.5. The van der Waals surface area contributed by atoms with Crippen LogP contribution in [0, 0.1) is 0 Å². The van der Waals surface area contributed by atoms with Gasteiger partial charge >= 0.3 is 0 Å². The van der Waals surface area contributed by atoms with E-state index < -0.39 is 13.0 Å². The van der Waals surface area contributed by atoms with E-state index in [1.54, 1.807) is 24.9 Å². The van der Waals surface area contributed by atoms with Gasteiger partial charge in [-0.25, -0.2) is 13.8 Å². The Balaban J connectivity index is 2.94. The standard InChI is InChI=1S/C19H22ClF2N3O3/c1-4-17(27)15(14(11-26)5-6-23-2)10-25(3)9-13-7-16(20)19(24-8-13)28-12-18(21)22/h5-8,11,18H,2,4,9-10,12H2,1,3H3/b6-5-,15-14+. The molecule has 152 valence electrons. The number of aromatic nitrogens is 1. The van der Waals surface area contributed by atoms with Crippen LogP contribution in [0.5, 0.6) is 5.88 Å². The number of aldehydes is 1. The first kappa shape index (κ1) is 23.6. The van der Waals surface area contributed by atoms with Crippen molar-refractivity contribution in [3.05, 3.63) is 46.3 Å². The third-order valence-corrected chi connectivity index (χ3v) is 3.85. The molecule has 28 heavy (non-hydrogen) atoms. The highest BCUT2D eigenvalue weighted by molar-refractivity contribution is 6.31. The predicted octanol–water partition coefficient (Wildman–Crippen LogP) is 3.50. The zero-order valence-electron chi connectivity index (χ0n) is 15.7. The second-order valence-corrected chi connectivity index (χ2v) is 6.24. The predicted molar refractivity (Wildman–Crippen MR) is 104 cm³/mol. The maximum Gasteiger partial charge on any atom is 0.272 e. The lowest BCUT2D eigenvalue weighted by molar-refractivity contribution is -0.116. The smallest absolute Gasteiger partial charge is 0.272 e. The maximum atomic E-state index is 12.3. The first-order chi connectivity index (χ1) is 13.3. The Morgan fingerprint density at radius 3 is 2.75 bits per heavy atom. The van der Waals surface area contributed by atoms with Gasteiger partial charge in [-0.05, 0) is 31.5 Å². The van der Waals surface area contributed by atoms with Gasteiger partial charge < -0.3 is 4.74 Å². The van der Waals surface area contributed by atoms with Crippen LogP contribution in [0.4, 0.5) is 8.78 Å². The maximum absolute atomic E-state index is 12.3. The summed E-state index contributed by atoms with van der Waals surface area (Å²) in [5.41, 5.74) is 1.28. The summed E-state index contributed by atoms with van der Waals surface area (Å²) in [6, 6.07) is 1.55. The number of alkyl halides is 2. The third kappa shape index (κ3) is 7.66. The summed E-state index contributed by atoms with van der Waals surface area (Å²) in [7, 11) is 1.76. The molecular weight excluding hydrogens is 392 g/mol. The number of ether oxygens (including phenoxy) is 1. The van der Waals surface area contributed by atoms with Crippen molar-refractivity contribution in [2.75, 3.05) is 20.2 Å². The van der Waals surface area contributed by atoms with Crippen molar-refractivity contribution < 1.29 is 23.1 Å². The monoisotopic (exact) mass is 413 g/mol. The van der Waals surface area contributed by atoms with Crippen LogP contribution in [0.15, 0.2) is 40.7 Å². The van der Waals surface area contributed by atoms with Crippen LogP contribution in [0.3, 0.4) is 0 Å². The number of likely N-dealkylation sites (N-methyl/N-ethyl adjacent to an activating group) is 1. The topological polar surface area (TPSA) is 71.9 Å². The Kier molecular flexibility index (Phi) is 10.2. The number of hydrogen-bond acceptors (Lipinski definition) is 6. The van der Waals surface area contributed by atoms with Crippen molar-refractivity contribution in [3.63, 3.8) is 0 Å². The number of pyridine rings is 1. The number of carbonyl (C=O) groups excluding carboxylic acids is 2. The molecule has 0 aliphatic heterocycles. The van der Waals surface area contributed by atoms with E-state index >= 15 is 0 Å². The van der Waals surface area contributed by atoms with Gasteiger partial charge in [-0.2, -0.15) is 0 Å². The summed E-state index contributed by atoms with van der Waals surface area (Å²) in [6.07, 6.45) is 2.46. The van der Waals surface area contributed by atoms with Crippen LogP contribution in [0.1, 0.15) is 18.9 Å². The van der Waals surface area contributed by atoms with Gasteiger partial charge in [-0.1, -0.05) is 18.5 Å². The molecule has 9 heteroatoms. The molecule has 1 aromatic heterocycles. The van der Waals surface area contributed by atoms with Crippen LogP contribution in [0.25, 0.3) is 0 Å². The molecule has 1 aromatic rings. The average molecular weight is 414 g/mol. The van der Waals surface area contributed by atoms with Gasteiger partial charge in [0.2, 0.25) is 5.88 Å². The normalized spacial score (nSPS) is 12.4. The highest BCUT2D eigenvalue weighted by atomic mass is 35.5. The average Bonchev–Trinajstić information content (AvgIpc) is 2.66. The molecule has 1 rings (SSSR count). The summed E-state index contributed by atoms with van der Waals surface area (Å²) >= 11 is 6.02. The van der Waals surface area contributed by atoms with E-state index in [1.807, 2.05) is 0 Å². The fourth-order valence-corrected chi connectivity index (χ4v) is 2.58.